The van der Waals surface area contributed by atoms with Crippen molar-refractivity contribution in [2.75, 3.05) is 17.0 Å². The Morgan fingerprint density at radius 3 is 2.23 bits per heavy atom. The number of hydrogen-bond donors (Lipinski definition) is 3. The van der Waals surface area contributed by atoms with Crippen LogP contribution in [0.2, 0.25) is 0 Å². The molecule has 4 N–H and O–H groups in total. The van der Waals surface area contributed by atoms with Crippen molar-refractivity contribution < 1.29 is 17.9 Å². The van der Waals surface area contributed by atoms with Gasteiger partial charge in [0.1, 0.15) is 11.5 Å². The van der Waals surface area contributed by atoms with Crippen LogP contribution in [0.5, 0.6) is 5.75 Å². The standard InChI is InChI=1S/C18H31N3O4S/c1-13(2)10-18(5,12-19)20-17(22)11-26(23,24)21-15-6-8-16(9-7-15)25-14(3)4/h6-9,13-14,21H,10-12,19H2,1-5H3,(H,20,22). The average molecular weight is 386 g/mol. The number of benzene rings is 1. The van der Waals surface area contributed by atoms with Crippen LogP contribution in [-0.2, 0) is 14.8 Å². The Bertz CT molecular complexity index is 687. The molecule has 1 aromatic rings. The maximum atomic E-state index is 12.2. The van der Waals surface area contributed by atoms with Crippen molar-refractivity contribution in [2.45, 2.75) is 52.7 Å². The highest BCUT2D eigenvalue weighted by Gasteiger charge is 2.28. The zero-order valence-electron chi connectivity index (χ0n) is 16.2. The fraction of sp³-hybridized carbons (Fsp3) is 0.611. The van der Waals surface area contributed by atoms with Gasteiger partial charge in [-0.05, 0) is 57.4 Å². The van der Waals surface area contributed by atoms with Gasteiger partial charge < -0.3 is 15.8 Å². The summed E-state index contributed by atoms with van der Waals surface area (Å²) >= 11 is 0. The maximum Gasteiger partial charge on any atom is 0.241 e. The molecule has 148 valence electrons. The lowest BCUT2D eigenvalue weighted by Crippen LogP contribution is -2.53. The Hall–Kier alpha value is -1.80. The summed E-state index contributed by atoms with van der Waals surface area (Å²) in [5.74, 6) is -0.269. The van der Waals surface area contributed by atoms with Gasteiger partial charge in [0.25, 0.3) is 0 Å². The molecule has 0 saturated heterocycles. The zero-order valence-corrected chi connectivity index (χ0v) is 17.0. The summed E-state index contributed by atoms with van der Waals surface area (Å²) < 4.78 is 32.4. The minimum absolute atomic E-state index is 0.0314. The van der Waals surface area contributed by atoms with E-state index in [1.54, 1.807) is 24.3 Å². The summed E-state index contributed by atoms with van der Waals surface area (Å²) in [5, 5.41) is 2.74. The Morgan fingerprint density at radius 2 is 1.77 bits per heavy atom. The molecule has 0 heterocycles. The molecular formula is C18H31N3O4S. The lowest BCUT2D eigenvalue weighted by atomic mass is 9.91. The van der Waals surface area contributed by atoms with Gasteiger partial charge in [-0.2, -0.15) is 0 Å². The molecular weight excluding hydrogens is 354 g/mol. The number of carbonyl (C=O) groups is 1. The first kappa shape index (κ1) is 22.2. The van der Waals surface area contributed by atoms with Crippen LogP contribution in [0.1, 0.15) is 41.0 Å². The Kier molecular flexibility index (Phi) is 7.89. The molecule has 0 saturated carbocycles. The summed E-state index contributed by atoms with van der Waals surface area (Å²) in [6.07, 6.45) is 0.698. The third-order valence-electron chi connectivity index (χ3n) is 3.57. The van der Waals surface area contributed by atoms with Gasteiger partial charge in [0, 0.05) is 17.8 Å². The van der Waals surface area contributed by atoms with E-state index in [2.05, 4.69) is 10.0 Å². The van der Waals surface area contributed by atoms with Crippen LogP contribution in [-0.4, -0.2) is 38.3 Å². The number of amides is 1. The molecule has 8 heteroatoms. The van der Waals surface area contributed by atoms with E-state index in [1.807, 2.05) is 34.6 Å². The third-order valence-corrected chi connectivity index (χ3v) is 4.76. The largest absolute Gasteiger partial charge is 0.491 e. The zero-order chi connectivity index (χ0) is 20.0. The van der Waals surface area contributed by atoms with Crippen LogP contribution in [0.4, 0.5) is 5.69 Å². The van der Waals surface area contributed by atoms with E-state index in [-0.39, 0.29) is 12.6 Å². The van der Waals surface area contributed by atoms with Crippen molar-refractivity contribution in [3.8, 4) is 5.75 Å². The number of nitrogens with one attached hydrogen (secondary N) is 2. The number of nitrogens with two attached hydrogens (primary N) is 1. The lowest BCUT2D eigenvalue weighted by molar-refractivity contribution is -0.120. The number of ether oxygens (including phenoxy) is 1. The predicted octanol–water partition coefficient (Wildman–Crippen LogP) is 2.10. The number of hydrogen-bond acceptors (Lipinski definition) is 5. The first-order valence-electron chi connectivity index (χ1n) is 8.73. The average Bonchev–Trinajstić information content (AvgIpc) is 2.46. The maximum absolute atomic E-state index is 12.2. The SMILES string of the molecule is CC(C)CC(C)(CN)NC(=O)CS(=O)(=O)Nc1ccc(OC(C)C)cc1. The molecule has 0 bridgehead atoms. The van der Waals surface area contributed by atoms with Gasteiger partial charge in [-0.25, -0.2) is 8.42 Å². The number of sulfonamides is 1. The van der Waals surface area contributed by atoms with E-state index >= 15 is 0 Å². The quantitative estimate of drug-likeness (QED) is 0.571. The first-order chi connectivity index (χ1) is 11.9. The molecule has 0 aliphatic carbocycles. The molecule has 0 spiro atoms. The lowest BCUT2D eigenvalue weighted by Gasteiger charge is -2.31. The fourth-order valence-corrected chi connectivity index (χ4v) is 3.71. The summed E-state index contributed by atoms with van der Waals surface area (Å²) in [5.41, 5.74) is 5.49. The predicted molar refractivity (Wildman–Crippen MR) is 105 cm³/mol. The van der Waals surface area contributed by atoms with Crippen LogP contribution in [0.25, 0.3) is 0 Å². The second kappa shape index (κ2) is 9.23. The topological polar surface area (TPSA) is 111 Å². The van der Waals surface area contributed by atoms with Gasteiger partial charge in [-0.15, -0.1) is 0 Å². The number of carbonyl (C=O) groups excluding carboxylic acids is 1. The van der Waals surface area contributed by atoms with Crippen LogP contribution in [0.3, 0.4) is 0 Å². The summed E-state index contributed by atoms with van der Waals surface area (Å²) in [4.78, 5) is 12.2. The van der Waals surface area contributed by atoms with E-state index < -0.39 is 27.2 Å². The highest BCUT2D eigenvalue weighted by Crippen LogP contribution is 2.18. The van der Waals surface area contributed by atoms with Crippen LogP contribution in [0.15, 0.2) is 24.3 Å². The minimum atomic E-state index is -3.82. The number of anilines is 1. The van der Waals surface area contributed by atoms with E-state index in [0.29, 0.717) is 23.8 Å². The Morgan fingerprint density at radius 1 is 1.19 bits per heavy atom. The van der Waals surface area contributed by atoms with Crippen LogP contribution in [0, 0.1) is 5.92 Å². The van der Waals surface area contributed by atoms with E-state index in [4.69, 9.17) is 10.5 Å². The third kappa shape index (κ3) is 8.05. The van der Waals surface area contributed by atoms with E-state index in [0.717, 1.165) is 0 Å². The summed E-state index contributed by atoms with van der Waals surface area (Å²) in [6, 6.07) is 6.53. The molecule has 1 atom stereocenters. The van der Waals surface area contributed by atoms with Crippen molar-refractivity contribution >= 4 is 21.6 Å². The molecule has 0 fully saturated rings. The molecule has 1 aromatic carbocycles. The fourth-order valence-electron chi connectivity index (χ4n) is 2.72. The molecule has 0 aliphatic rings. The Labute approximate surface area is 156 Å². The highest BCUT2D eigenvalue weighted by molar-refractivity contribution is 7.93. The molecule has 26 heavy (non-hydrogen) atoms. The van der Waals surface area contributed by atoms with Gasteiger partial charge in [0.05, 0.1) is 6.10 Å². The molecule has 0 aliphatic heterocycles. The van der Waals surface area contributed by atoms with E-state index in [1.165, 1.54) is 0 Å². The van der Waals surface area contributed by atoms with Gasteiger partial charge in [-0.1, -0.05) is 13.8 Å². The molecule has 1 rings (SSSR count). The van der Waals surface area contributed by atoms with Gasteiger partial charge >= 0.3 is 0 Å². The summed E-state index contributed by atoms with van der Waals surface area (Å²) in [7, 11) is -3.82. The van der Waals surface area contributed by atoms with E-state index in [9.17, 15) is 13.2 Å². The normalized spacial score (nSPS) is 14.2. The van der Waals surface area contributed by atoms with Gasteiger partial charge in [0.15, 0.2) is 0 Å². The minimum Gasteiger partial charge on any atom is -0.491 e. The second-order valence-corrected chi connectivity index (χ2v) is 9.19. The summed E-state index contributed by atoms with van der Waals surface area (Å²) in [6.45, 7) is 9.91. The van der Waals surface area contributed by atoms with Crippen LogP contribution >= 0.6 is 0 Å². The van der Waals surface area contributed by atoms with Crippen molar-refractivity contribution in [1.29, 1.82) is 0 Å². The first-order valence-corrected chi connectivity index (χ1v) is 10.4. The number of rotatable bonds is 10. The molecule has 7 nitrogen and oxygen atoms in total. The molecule has 0 radical (unpaired) electrons. The smallest absolute Gasteiger partial charge is 0.241 e. The monoisotopic (exact) mass is 385 g/mol. The van der Waals surface area contributed by atoms with Crippen molar-refractivity contribution in [3.63, 3.8) is 0 Å². The highest BCUT2D eigenvalue weighted by atomic mass is 32.2. The molecule has 1 unspecified atom stereocenters. The van der Waals surface area contributed by atoms with Crippen molar-refractivity contribution in [1.82, 2.24) is 5.32 Å². The van der Waals surface area contributed by atoms with Crippen molar-refractivity contribution in [2.24, 2.45) is 11.7 Å². The Balaban J connectivity index is 2.69. The molecule has 0 aromatic heterocycles. The van der Waals surface area contributed by atoms with Gasteiger partial charge in [-0.3, -0.25) is 9.52 Å². The molecule has 1 amide bonds. The second-order valence-electron chi connectivity index (χ2n) is 7.46. The van der Waals surface area contributed by atoms with Crippen LogP contribution < -0.4 is 20.5 Å². The van der Waals surface area contributed by atoms with Crippen molar-refractivity contribution in [3.05, 3.63) is 24.3 Å². The van der Waals surface area contributed by atoms with Gasteiger partial charge in [0.2, 0.25) is 15.9 Å².